The van der Waals surface area contributed by atoms with Crippen LogP contribution in [0.1, 0.15) is 23.6 Å². The Morgan fingerprint density at radius 1 is 1.19 bits per heavy atom. The molecular weight excluding hydrogens is 271 g/mol. The van der Waals surface area contributed by atoms with E-state index >= 15 is 0 Å². The van der Waals surface area contributed by atoms with Crippen LogP contribution in [0, 0.1) is 22.9 Å². The molecule has 2 rings (SSSR count). The van der Waals surface area contributed by atoms with Crippen LogP contribution in [-0.4, -0.2) is 4.92 Å². The van der Waals surface area contributed by atoms with Crippen molar-refractivity contribution < 1.29 is 9.31 Å². The van der Waals surface area contributed by atoms with Crippen LogP contribution < -0.4 is 5.32 Å². The maximum Gasteiger partial charge on any atom is 0.274 e. The van der Waals surface area contributed by atoms with Gasteiger partial charge in [0, 0.05) is 23.9 Å². The zero-order valence-corrected chi connectivity index (χ0v) is 12.0. The lowest BCUT2D eigenvalue weighted by Gasteiger charge is -2.10. The Kier molecular flexibility index (Phi) is 4.52. The largest absolute Gasteiger partial charge is 0.381 e. The SMILES string of the molecule is CCc1ccc(NCc2ccc(F)cc2C)cc1[N+](=O)[O-]. The Hall–Kier alpha value is -2.43. The summed E-state index contributed by atoms with van der Waals surface area (Å²) in [4.78, 5) is 10.7. The maximum absolute atomic E-state index is 13.0. The van der Waals surface area contributed by atoms with Crippen LogP contribution in [0.4, 0.5) is 15.8 Å². The van der Waals surface area contributed by atoms with Crippen LogP contribution in [-0.2, 0) is 13.0 Å². The number of nitrogens with one attached hydrogen (secondary N) is 1. The second-order valence-corrected chi connectivity index (χ2v) is 4.88. The molecule has 0 saturated carbocycles. The smallest absolute Gasteiger partial charge is 0.274 e. The highest BCUT2D eigenvalue weighted by atomic mass is 19.1. The van der Waals surface area contributed by atoms with E-state index in [4.69, 9.17) is 0 Å². The molecule has 0 fully saturated rings. The summed E-state index contributed by atoms with van der Waals surface area (Å²) in [6.45, 7) is 4.22. The number of rotatable bonds is 5. The predicted molar refractivity (Wildman–Crippen MR) is 80.9 cm³/mol. The van der Waals surface area contributed by atoms with Crippen LogP contribution in [0.15, 0.2) is 36.4 Å². The minimum atomic E-state index is -0.368. The quantitative estimate of drug-likeness (QED) is 0.662. The predicted octanol–water partition coefficient (Wildman–Crippen LogP) is 4.22. The van der Waals surface area contributed by atoms with E-state index < -0.39 is 0 Å². The number of aryl methyl sites for hydroxylation is 2. The minimum Gasteiger partial charge on any atom is -0.381 e. The summed E-state index contributed by atoms with van der Waals surface area (Å²) in [5.41, 5.74) is 3.32. The second-order valence-electron chi connectivity index (χ2n) is 4.88. The topological polar surface area (TPSA) is 55.2 Å². The third-order valence-electron chi connectivity index (χ3n) is 3.45. The van der Waals surface area contributed by atoms with Crippen molar-refractivity contribution in [1.82, 2.24) is 0 Å². The lowest BCUT2D eigenvalue weighted by Crippen LogP contribution is -2.03. The summed E-state index contributed by atoms with van der Waals surface area (Å²) in [6.07, 6.45) is 0.619. The standard InChI is InChI=1S/C16H17FN2O2/c1-3-12-5-7-15(9-16(12)19(20)21)18-10-13-4-6-14(17)8-11(13)2/h4-9,18H,3,10H2,1-2H3. The average molecular weight is 288 g/mol. The fourth-order valence-corrected chi connectivity index (χ4v) is 2.20. The van der Waals surface area contributed by atoms with Gasteiger partial charge in [-0.25, -0.2) is 4.39 Å². The molecule has 0 bridgehead atoms. The summed E-state index contributed by atoms with van der Waals surface area (Å²) in [5.74, 6) is -0.265. The number of hydrogen-bond acceptors (Lipinski definition) is 3. The van der Waals surface area contributed by atoms with Gasteiger partial charge >= 0.3 is 0 Å². The number of nitro benzene ring substituents is 1. The van der Waals surface area contributed by atoms with Gasteiger partial charge < -0.3 is 5.32 Å². The molecule has 110 valence electrons. The maximum atomic E-state index is 13.0. The van der Waals surface area contributed by atoms with Crippen LogP contribution in [0.25, 0.3) is 0 Å². The molecule has 0 atom stereocenters. The Labute approximate surface area is 122 Å². The number of halogens is 1. The number of hydrogen-bond donors (Lipinski definition) is 1. The monoisotopic (exact) mass is 288 g/mol. The molecule has 0 aliphatic heterocycles. The van der Waals surface area contributed by atoms with Gasteiger partial charge in [-0.1, -0.05) is 19.1 Å². The van der Waals surface area contributed by atoms with E-state index in [0.29, 0.717) is 24.2 Å². The summed E-state index contributed by atoms with van der Waals surface area (Å²) in [6, 6.07) is 9.72. The van der Waals surface area contributed by atoms with Crippen molar-refractivity contribution in [3.05, 3.63) is 69.0 Å². The van der Waals surface area contributed by atoms with Crippen LogP contribution >= 0.6 is 0 Å². The molecule has 5 heteroatoms. The molecule has 21 heavy (non-hydrogen) atoms. The van der Waals surface area contributed by atoms with E-state index in [1.54, 1.807) is 12.1 Å². The first-order chi connectivity index (χ1) is 10.0. The molecule has 2 aromatic carbocycles. The first kappa shape index (κ1) is 15.0. The number of nitro groups is 1. The molecule has 2 aromatic rings. The van der Waals surface area contributed by atoms with Crippen molar-refractivity contribution in [3.8, 4) is 0 Å². The molecule has 0 radical (unpaired) electrons. The van der Waals surface area contributed by atoms with Gasteiger partial charge in [-0.2, -0.15) is 0 Å². The summed E-state index contributed by atoms with van der Waals surface area (Å²) >= 11 is 0. The summed E-state index contributed by atoms with van der Waals surface area (Å²) in [5, 5.41) is 14.2. The fourth-order valence-electron chi connectivity index (χ4n) is 2.20. The number of anilines is 1. The van der Waals surface area contributed by atoms with Crippen LogP contribution in [0.5, 0.6) is 0 Å². The van der Waals surface area contributed by atoms with E-state index in [2.05, 4.69) is 5.32 Å². The highest BCUT2D eigenvalue weighted by Gasteiger charge is 2.13. The molecule has 0 saturated heterocycles. The van der Waals surface area contributed by atoms with Crippen molar-refractivity contribution >= 4 is 11.4 Å². The van der Waals surface area contributed by atoms with E-state index in [-0.39, 0.29) is 16.4 Å². The molecule has 0 aromatic heterocycles. The van der Waals surface area contributed by atoms with E-state index in [1.165, 1.54) is 18.2 Å². The van der Waals surface area contributed by atoms with Crippen molar-refractivity contribution in [2.45, 2.75) is 26.8 Å². The normalized spacial score (nSPS) is 10.4. The zero-order valence-electron chi connectivity index (χ0n) is 12.0. The summed E-state index contributed by atoms with van der Waals surface area (Å²) < 4.78 is 13.0. The highest BCUT2D eigenvalue weighted by molar-refractivity contribution is 5.55. The molecule has 0 spiro atoms. The van der Waals surface area contributed by atoms with Gasteiger partial charge in [0.2, 0.25) is 0 Å². The minimum absolute atomic E-state index is 0.123. The Morgan fingerprint density at radius 2 is 1.90 bits per heavy atom. The highest BCUT2D eigenvalue weighted by Crippen LogP contribution is 2.24. The van der Waals surface area contributed by atoms with E-state index in [9.17, 15) is 14.5 Å². The molecule has 0 heterocycles. The van der Waals surface area contributed by atoms with Gasteiger partial charge in [0.25, 0.3) is 5.69 Å². The van der Waals surface area contributed by atoms with Crippen molar-refractivity contribution in [3.63, 3.8) is 0 Å². The Balaban J connectivity index is 2.16. The first-order valence-corrected chi connectivity index (χ1v) is 6.77. The molecule has 0 unspecified atom stereocenters. The number of nitrogens with zero attached hydrogens (tertiary/aromatic N) is 1. The van der Waals surface area contributed by atoms with Crippen molar-refractivity contribution in [1.29, 1.82) is 0 Å². The molecule has 0 aliphatic carbocycles. The van der Waals surface area contributed by atoms with E-state index in [1.807, 2.05) is 19.9 Å². The average Bonchev–Trinajstić information content (AvgIpc) is 2.46. The third-order valence-corrected chi connectivity index (χ3v) is 3.45. The molecule has 1 N–H and O–H groups in total. The first-order valence-electron chi connectivity index (χ1n) is 6.77. The zero-order chi connectivity index (χ0) is 15.4. The summed E-state index contributed by atoms with van der Waals surface area (Å²) in [7, 11) is 0. The van der Waals surface area contributed by atoms with Gasteiger partial charge in [-0.05, 0) is 42.7 Å². The lowest BCUT2D eigenvalue weighted by atomic mass is 10.1. The fraction of sp³-hybridized carbons (Fsp3) is 0.250. The van der Waals surface area contributed by atoms with Crippen molar-refractivity contribution in [2.75, 3.05) is 5.32 Å². The van der Waals surface area contributed by atoms with Crippen LogP contribution in [0.3, 0.4) is 0 Å². The van der Waals surface area contributed by atoms with Gasteiger partial charge in [-0.15, -0.1) is 0 Å². The second kappa shape index (κ2) is 6.35. The van der Waals surface area contributed by atoms with E-state index in [0.717, 1.165) is 11.1 Å². The molecule has 0 aliphatic rings. The van der Waals surface area contributed by atoms with Gasteiger partial charge in [0.05, 0.1) is 4.92 Å². The van der Waals surface area contributed by atoms with Gasteiger partial charge in [-0.3, -0.25) is 10.1 Å². The van der Waals surface area contributed by atoms with Gasteiger partial charge in [0.15, 0.2) is 0 Å². The Bertz CT molecular complexity index is 671. The third kappa shape index (κ3) is 3.56. The molecular formula is C16H17FN2O2. The number of benzene rings is 2. The van der Waals surface area contributed by atoms with Crippen molar-refractivity contribution in [2.24, 2.45) is 0 Å². The molecule has 0 amide bonds. The Morgan fingerprint density at radius 3 is 2.52 bits per heavy atom. The molecule has 4 nitrogen and oxygen atoms in total. The van der Waals surface area contributed by atoms with Crippen LogP contribution in [0.2, 0.25) is 0 Å². The van der Waals surface area contributed by atoms with Gasteiger partial charge in [0.1, 0.15) is 5.82 Å². The lowest BCUT2D eigenvalue weighted by molar-refractivity contribution is -0.385.